The van der Waals surface area contributed by atoms with Crippen LogP contribution in [0.25, 0.3) is 21.5 Å². The Balaban J connectivity index is 0.963. The van der Waals surface area contributed by atoms with Crippen molar-refractivity contribution in [2.24, 2.45) is 0 Å². The highest BCUT2D eigenvalue weighted by molar-refractivity contribution is 6.27. The zero-order valence-corrected chi connectivity index (χ0v) is 23.0. The first-order chi connectivity index (χ1) is 20.3. The molecule has 0 saturated carbocycles. The van der Waals surface area contributed by atoms with E-state index in [2.05, 4.69) is 9.80 Å². The summed E-state index contributed by atoms with van der Waals surface area (Å²) in [5.41, 5.74) is 15.0. The Hall–Kier alpha value is -4.80. The van der Waals surface area contributed by atoms with E-state index in [1.165, 1.54) is 9.80 Å². The lowest BCUT2D eigenvalue weighted by molar-refractivity contribution is 0.0528. The molecule has 4 amide bonds. The lowest BCUT2D eigenvalue weighted by Gasteiger charge is -2.37. The van der Waals surface area contributed by atoms with Crippen molar-refractivity contribution >= 4 is 56.5 Å². The lowest BCUT2D eigenvalue weighted by atomic mass is 9.93. The lowest BCUT2D eigenvalue weighted by Crippen LogP contribution is -2.52. The van der Waals surface area contributed by atoms with Gasteiger partial charge in [0.05, 0.1) is 11.1 Å². The van der Waals surface area contributed by atoms with Crippen molar-refractivity contribution in [3.05, 3.63) is 82.9 Å². The molecule has 42 heavy (non-hydrogen) atoms. The molecular formula is C32H30N6O4. The molecule has 0 spiro atoms. The van der Waals surface area contributed by atoms with Crippen LogP contribution in [0, 0.1) is 0 Å². The summed E-state index contributed by atoms with van der Waals surface area (Å²) in [6.45, 7) is 4.67. The third kappa shape index (κ3) is 4.18. The number of carbonyl (C=O) groups excluding carboxylic acids is 4. The first kappa shape index (κ1) is 26.1. The van der Waals surface area contributed by atoms with E-state index in [4.69, 9.17) is 11.5 Å². The number of amides is 4. The smallest absolute Gasteiger partial charge is 0.261 e. The quantitative estimate of drug-likeness (QED) is 0.271. The van der Waals surface area contributed by atoms with Gasteiger partial charge in [0.25, 0.3) is 23.6 Å². The predicted molar refractivity (Wildman–Crippen MR) is 160 cm³/mol. The van der Waals surface area contributed by atoms with Crippen molar-refractivity contribution in [2.45, 2.75) is 0 Å². The van der Waals surface area contributed by atoms with E-state index >= 15 is 0 Å². The van der Waals surface area contributed by atoms with E-state index in [9.17, 15) is 19.2 Å². The maximum atomic E-state index is 13.3. The van der Waals surface area contributed by atoms with Crippen molar-refractivity contribution in [2.75, 3.05) is 63.8 Å². The molecule has 3 aliphatic rings. The normalized spacial score (nSPS) is 17.6. The van der Waals surface area contributed by atoms with Crippen LogP contribution in [-0.2, 0) is 0 Å². The van der Waals surface area contributed by atoms with Crippen LogP contribution in [0.15, 0.2) is 60.7 Å². The molecule has 3 aliphatic heterocycles. The van der Waals surface area contributed by atoms with Gasteiger partial charge in [-0.1, -0.05) is 24.3 Å². The standard InChI is InChI=1S/C32H30N6O4/c33-21-15-19-3-1-5-23-27(19)25(17-21)31(41)37(29(23)39)13-11-35-7-9-36(10-8-35)12-14-38-30(40)24-6-2-4-20-16-22(34)18-26(28(20)24)32(38)42/h1-6,15-18H,7-14,33-34H2. The number of anilines is 2. The molecule has 4 N–H and O–H groups in total. The van der Waals surface area contributed by atoms with Crippen molar-refractivity contribution < 1.29 is 19.2 Å². The topological polar surface area (TPSA) is 133 Å². The highest BCUT2D eigenvalue weighted by Crippen LogP contribution is 2.33. The summed E-state index contributed by atoms with van der Waals surface area (Å²) in [5, 5.41) is 2.92. The zero-order valence-electron chi connectivity index (χ0n) is 23.0. The maximum absolute atomic E-state index is 13.3. The van der Waals surface area contributed by atoms with Crippen molar-refractivity contribution in [3.63, 3.8) is 0 Å². The first-order valence-corrected chi connectivity index (χ1v) is 14.1. The van der Waals surface area contributed by atoms with Crippen LogP contribution in [0.3, 0.4) is 0 Å². The second-order valence-electron chi connectivity index (χ2n) is 11.2. The van der Waals surface area contributed by atoms with Gasteiger partial charge in [-0.15, -0.1) is 0 Å². The minimum absolute atomic E-state index is 0.281. The minimum Gasteiger partial charge on any atom is -0.399 e. The molecule has 0 aliphatic carbocycles. The van der Waals surface area contributed by atoms with Crippen molar-refractivity contribution in [1.29, 1.82) is 0 Å². The Bertz CT molecular complexity index is 1690. The summed E-state index contributed by atoms with van der Waals surface area (Å²) in [5.74, 6) is -1.19. The molecule has 0 atom stereocenters. The Morgan fingerprint density at radius 1 is 0.500 bits per heavy atom. The number of rotatable bonds is 6. The number of nitrogens with zero attached hydrogens (tertiary/aromatic N) is 4. The van der Waals surface area contributed by atoms with Crippen LogP contribution in [0.5, 0.6) is 0 Å². The van der Waals surface area contributed by atoms with E-state index < -0.39 is 0 Å². The Labute approximate surface area is 242 Å². The van der Waals surface area contributed by atoms with Crippen LogP contribution >= 0.6 is 0 Å². The van der Waals surface area contributed by atoms with Gasteiger partial charge in [0.15, 0.2) is 0 Å². The number of hydrogen-bond donors (Lipinski definition) is 2. The molecule has 0 bridgehead atoms. The molecule has 4 aromatic rings. The van der Waals surface area contributed by atoms with Gasteiger partial charge in [0.2, 0.25) is 0 Å². The summed E-state index contributed by atoms with van der Waals surface area (Å²) in [4.78, 5) is 60.2. The Morgan fingerprint density at radius 2 is 0.881 bits per heavy atom. The summed E-state index contributed by atoms with van der Waals surface area (Å²) in [6.07, 6.45) is 0. The van der Waals surface area contributed by atoms with Gasteiger partial charge >= 0.3 is 0 Å². The first-order valence-electron chi connectivity index (χ1n) is 14.1. The summed E-state index contributed by atoms with van der Waals surface area (Å²) in [6, 6.07) is 17.7. The third-order valence-electron chi connectivity index (χ3n) is 8.65. The van der Waals surface area contributed by atoms with Crippen LogP contribution in [0.4, 0.5) is 11.4 Å². The van der Waals surface area contributed by atoms with E-state index in [0.717, 1.165) is 37.0 Å². The summed E-state index contributed by atoms with van der Waals surface area (Å²) in [7, 11) is 0. The van der Waals surface area contributed by atoms with E-state index in [1.807, 2.05) is 24.3 Å². The number of nitrogen functional groups attached to an aromatic ring is 2. The van der Waals surface area contributed by atoms with Crippen LogP contribution in [0.1, 0.15) is 41.4 Å². The van der Waals surface area contributed by atoms with E-state index in [-0.39, 0.29) is 36.7 Å². The third-order valence-corrected chi connectivity index (χ3v) is 8.65. The fourth-order valence-corrected chi connectivity index (χ4v) is 6.49. The number of piperazine rings is 1. The molecule has 0 radical (unpaired) electrons. The van der Waals surface area contributed by atoms with Crippen molar-refractivity contribution in [3.8, 4) is 0 Å². The second-order valence-corrected chi connectivity index (χ2v) is 11.2. The van der Waals surface area contributed by atoms with Gasteiger partial charge in [0, 0.05) is 85.6 Å². The number of carbonyl (C=O) groups is 4. The molecule has 212 valence electrons. The average molecular weight is 563 g/mol. The SMILES string of the molecule is Nc1cc2c3c(cccc3c1)C(=O)N(CCN1CCN(CCN3C(=O)c4cccc5cc(N)cc(c45)C3=O)CC1)C2=O. The van der Waals surface area contributed by atoms with Gasteiger partial charge in [-0.05, 0) is 47.2 Å². The van der Waals surface area contributed by atoms with E-state index in [1.54, 1.807) is 36.4 Å². The minimum atomic E-state index is -0.315. The van der Waals surface area contributed by atoms with Crippen LogP contribution in [0.2, 0.25) is 0 Å². The summed E-state index contributed by atoms with van der Waals surface area (Å²) >= 11 is 0. The molecule has 0 unspecified atom stereocenters. The monoisotopic (exact) mass is 562 g/mol. The number of imide groups is 2. The van der Waals surface area contributed by atoms with Gasteiger partial charge < -0.3 is 11.5 Å². The second kappa shape index (κ2) is 9.93. The van der Waals surface area contributed by atoms with Gasteiger partial charge in [-0.3, -0.25) is 38.8 Å². The highest BCUT2D eigenvalue weighted by Gasteiger charge is 2.35. The zero-order chi connectivity index (χ0) is 29.1. The van der Waals surface area contributed by atoms with Crippen LogP contribution in [-0.4, -0.2) is 95.6 Å². The molecule has 3 heterocycles. The fraction of sp³-hybridized carbons (Fsp3) is 0.250. The Morgan fingerprint density at radius 3 is 1.29 bits per heavy atom. The van der Waals surface area contributed by atoms with Gasteiger partial charge in [-0.25, -0.2) is 0 Å². The molecular weight excluding hydrogens is 532 g/mol. The number of benzene rings is 4. The Kier molecular flexibility index (Phi) is 6.18. The van der Waals surface area contributed by atoms with Gasteiger partial charge in [-0.2, -0.15) is 0 Å². The highest BCUT2D eigenvalue weighted by atomic mass is 16.2. The van der Waals surface area contributed by atoms with Crippen molar-refractivity contribution in [1.82, 2.24) is 19.6 Å². The molecule has 0 aromatic heterocycles. The number of nitrogens with two attached hydrogens (primary N) is 2. The molecule has 4 aromatic carbocycles. The van der Waals surface area contributed by atoms with Crippen LogP contribution < -0.4 is 11.5 Å². The number of hydrogen-bond acceptors (Lipinski definition) is 8. The van der Waals surface area contributed by atoms with E-state index in [0.29, 0.717) is 57.5 Å². The maximum Gasteiger partial charge on any atom is 0.261 e. The largest absolute Gasteiger partial charge is 0.399 e. The predicted octanol–water partition coefficient (Wildman–Crippen LogP) is 2.67. The summed E-state index contributed by atoms with van der Waals surface area (Å²) < 4.78 is 0. The van der Waals surface area contributed by atoms with Gasteiger partial charge in [0.1, 0.15) is 0 Å². The fourth-order valence-electron chi connectivity index (χ4n) is 6.49. The molecule has 10 nitrogen and oxygen atoms in total. The molecule has 1 saturated heterocycles. The average Bonchev–Trinajstić information content (AvgIpc) is 2.98. The molecule has 7 rings (SSSR count). The molecule has 1 fully saturated rings. The molecule has 10 heteroatoms.